The molecule has 0 amide bonds. The van der Waals surface area contributed by atoms with E-state index in [1.807, 2.05) is 31.2 Å². The highest BCUT2D eigenvalue weighted by atomic mass is 16.6. The van der Waals surface area contributed by atoms with Crippen LogP contribution in [-0.4, -0.2) is 25.9 Å². The van der Waals surface area contributed by atoms with Gasteiger partial charge in [0.1, 0.15) is 7.11 Å². The van der Waals surface area contributed by atoms with E-state index in [4.69, 9.17) is 0 Å². The number of methoxy groups -OCH3 is 1. The van der Waals surface area contributed by atoms with E-state index < -0.39 is 5.97 Å². The van der Waals surface area contributed by atoms with Crippen molar-refractivity contribution in [2.45, 2.75) is 13.3 Å². The van der Waals surface area contributed by atoms with Gasteiger partial charge >= 0.3 is 5.97 Å². The normalized spacial score (nSPS) is 11.1. The second kappa shape index (κ2) is 5.90. The first kappa shape index (κ1) is 12.2. The number of carbonyl (C=O) groups excluding carboxylic acids is 1. The van der Waals surface area contributed by atoms with Crippen molar-refractivity contribution in [3.05, 3.63) is 35.4 Å². The number of aryl methyl sites for hydroxylation is 1. The van der Waals surface area contributed by atoms with Crippen LogP contribution in [0.15, 0.2) is 29.4 Å². The highest BCUT2D eigenvalue weighted by Gasteiger charge is 2.17. The Kier molecular flexibility index (Phi) is 4.51. The molecule has 4 nitrogen and oxygen atoms in total. The maximum atomic E-state index is 11.5. The van der Waals surface area contributed by atoms with Crippen molar-refractivity contribution >= 4 is 11.7 Å². The van der Waals surface area contributed by atoms with Gasteiger partial charge in [-0.15, -0.1) is 0 Å². The third-order valence-electron chi connectivity index (χ3n) is 2.21. The van der Waals surface area contributed by atoms with Gasteiger partial charge in [0, 0.05) is 5.56 Å². The number of benzene rings is 1. The molecule has 0 aromatic heterocycles. The number of ether oxygens (including phenoxy) is 1. The summed E-state index contributed by atoms with van der Waals surface area (Å²) in [6, 6.07) is 7.55. The summed E-state index contributed by atoms with van der Waals surface area (Å²) in [6.45, 7) is 2.01. The van der Waals surface area contributed by atoms with Crippen molar-refractivity contribution in [3.8, 4) is 0 Å². The lowest BCUT2D eigenvalue weighted by Gasteiger charge is -2.08. The van der Waals surface area contributed by atoms with E-state index in [9.17, 15) is 4.79 Å². The Bertz CT molecular complexity index is 399. The zero-order chi connectivity index (χ0) is 12.0. The van der Waals surface area contributed by atoms with Gasteiger partial charge in [0.15, 0.2) is 5.71 Å². The van der Waals surface area contributed by atoms with Crippen molar-refractivity contribution in [3.63, 3.8) is 0 Å². The number of hydrogen-bond acceptors (Lipinski definition) is 4. The van der Waals surface area contributed by atoms with Crippen molar-refractivity contribution in [2.24, 2.45) is 5.16 Å². The van der Waals surface area contributed by atoms with Gasteiger partial charge in [-0.05, 0) is 12.0 Å². The fourth-order valence-corrected chi connectivity index (χ4v) is 1.44. The lowest BCUT2D eigenvalue weighted by Crippen LogP contribution is -2.19. The molecule has 0 aliphatic carbocycles. The van der Waals surface area contributed by atoms with Gasteiger partial charge in [-0.3, -0.25) is 0 Å². The molecule has 0 aliphatic heterocycles. The maximum Gasteiger partial charge on any atom is 0.360 e. The fourth-order valence-electron chi connectivity index (χ4n) is 1.44. The molecule has 0 saturated carbocycles. The molecule has 16 heavy (non-hydrogen) atoms. The number of esters is 1. The van der Waals surface area contributed by atoms with Gasteiger partial charge in [0.25, 0.3) is 0 Å². The molecule has 0 aliphatic rings. The van der Waals surface area contributed by atoms with Crippen molar-refractivity contribution < 1.29 is 14.4 Å². The minimum atomic E-state index is -0.497. The summed E-state index contributed by atoms with van der Waals surface area (Å²) < 4.78 is 4.67. The number of oxime groups is 1. The molecule has 0 spiro atoms. The summed E-state index contributed by atoms with van der Waals surface area (Å²) in [5, 5.41) is 3.72. The molecule has 1 aromatic rings. The topological polar surface area (TPSA) is 47.9 Å². The summed E-state index contributed by atoms with van der Waals surface area (Å²) in [5.41, 5.74) is 1.98. The molecule has 0 unspecified atom stereocenters. The van der Waals surface area contributed by atoms with Crippen molar-refractivity contribution in [1.82, 2.24) is 0 Å². The fraction of sp³-hybridized carbons (Fsp3) is 0.333. The molecule has 0 saturated heterocycles. The van der Waals surface area contributed by atoms with Crippen LogP contribution >= 0.6 is 0 Å². The van der Waals surface area contributed by atoms with Gasteiger partial charge in [0.2, 0.25) is 0 Å². The smallest absolute Gasteiger partial charge is 0.360 e. The Balaban J connectivity index is 3.21. The third-order valence-corrected chi connectivity index (χ3v) is 2.21. The molecule has 86 valence electrons. The Hall–Kier alpha value is -1.84. The van der Waals surface area contributed by atoms with Crippen LogP contribution in [0.4, 0.5) is 0 Å². The Morgan fingerprint density at radius 1 is 1.31 bits per heavy atom. The van der Waals surface area contributed by atoms with Crippen LogP contribution in [0.25, 0.3) is 0 Å². The second-order valence-electron chi connectivity index (χ2n) is 3.12. The monoisotopic (exact) mass is 221 g/mol. The first-order valence-electron chi connectivity index (χ1n) is 5.02. The summed E-state index contributed by atoms with van der Waals surface area (Å²) in [5.74, 6) is -0.497. The van der Waals surface area contributed by atoms with Crippen LogP contribution in [0.1, 0.15) is 18.1 Å². The van der Waals surface area contributed by atoms with Gasteiger partial charge in [0.05, 0.1) is 7.11 Å². The molecular weight excluding hydrogens is 206 g/mol. The van der Waals surface area contributed by atoms with Crippen LogP contribution in [-0.2, 0) is 20.8 Å². The molecular formula is C12H15NO3. The first-order valence-corrected chi connectivity index (χ1v) is 5.02. The standard InChI is InChI=1S/C12H15NO3/c1-4-9-7-5-6-8-10(9)11(13-16-3)12(14)15-2/h5-8H,4H2,1-3H3. The van der Waals surface area contributed by atoms with Crippen LogP contribution in [0, 0.1) is 0 Å². The molecule has 0 radical (unpaired) electrons. The predicted molar refractivity (Wildman–Crippen MR) is 61.4 cm³/mol. The second-order valence-corrected chi connectivity index (χ2v) is 3.12. The van der Waals surface area contributed by atoms with Crippen molar-refractivity contribution in [2.75, 3.05) is 14.2 Å². The zero-order valence-corrected chi connectivity index (χ0v) is 9.69. The maximum absolute atomic E-state index is 11.5. The minimum absolute atomic E-state index is 0.197. The Morgan fingerprint density at radius 2 is 2.00 bits per heavy atom. The van der Waals surface area contributed by atoms with E-state index in [-0.39, 0.29) is 5.71 Å². The Morgan fingerprint density at radius 3 is 2.56 bits per heavy atom. The minimum Gasteiger partial charge on any atom is -0.464 e. The van der Waals surface area contributed by atoms with Gasteiger partial charge in [-0.1, -0.05) is 36.3 Å². The van der Waals surface area contributed by atoms with E-state index in [0.29, 0.717) is 0 Å². The summed E-state index contributed by atoms with van der Waals surface area (Å²) in [6.07, 6.45) is 0.815. The van der Waals surface area contributed by atoms with E-state index >= 15 is 0 Å². The van der Waals surface area contributed by atoms with Gasteiger partial charge in [-0.25, -0.2) is 4.79 Å². The van der Waals surface area contributed by atoms with Gasteiger partial charge < -0.3 is 9.57 Å². The highest BCUT2D eigenvalue weighted by Crippen LogP contribution is 2.12. The lowest BCUT2D eigenvalue weighted by molar-refractivity contribution is -0.132. The SMILES string of the molecule is CCc1ccccc1C(=NOC)C(=O)OC. The Labute approximate surface area is 94.9 Å². The van der Waals surface area contributed by atoms with Crippen molar-refractivity contribution in [1.29, 1.82) is 0 Å². The molecule has 0 bridgehead atoms. The molecule has 1 aromatic carbocycles. The van der Waals surface area contributed by atoms with Crippen LogP contribution < -0.4 is 0 Å². The first-order chi connectivity index (χ1) is 7.74. The van der Waals surface area contributed by atoms with Gasteiger partial charge in [-0.2, -0.15) is 0 Å². The quantitative estimate of drug-likeness (QED) is 0.442. The van der Waals surface area contributed by atoms with E-state index in [2.05, 4.69) is 14.7 Å². The molecule has 1 rings (SSSR count). The van der Waals surface area contributed by atoms with Crippen LogP contribution in [0.3, 0.4) is 0 Å². The van der Waals surface area contributed by atoms with Crippen LogP contribution in [0.2, 0.25) is 0 Å². The zero-order valence-electron chi connectivity index (χ0n) is 9.69. The summed E-state index contributed by atoms with van der Waals surface area (Å²) in [4.78, 5) is 16.2. The lowest BCUT2D eigenvalue weighted by atomic mass is 10.0. The molecule has 0 atom stereocenters. The molecule has 0 fully saturated rings. The largest absolute Gasteiger partial charge is 0.464 e. The molecule has 0 heterocycles. The van der Waals surface area contributed by atoms with Crippen LogP contribution in [0.5, 0.6) is 0 Å². The number of carbonyl (C=O) groups is 1. The van der Waals surface area contributed by atoms with E-state index in [0.717, 1.165) is 17.5 Å². The number of hydrogen-bond donors (Lipinski definition) is 0. The summed E-state index contributed by atoms with van der Waals surface area (Å²) >= 11 is 0. The highest BCUT2D eigenvalue weighted by molar-refractivity contribution is 6.43. The summed E-state index contributed by atoms with van der Waals surface area (Å²) in [7, 11) is 2.72. The average molecular weight is 221 g/mol. The number of nitrogens with zero attached hydrogens (tertiary/aromatic N) is 1. The predicted octanol–water partition coefficient (Wildman–Crippen LogP) is 1.77. The third kappa shape index (κ3) is 2.59. The van der Waals surface area contributed by atoms with E-state index in [1.165, 1.54) is 14.2 Å². The van der Waals surface area contributed by atoms with E-state index in [1.54, 1.807) is 0 Å². The molecule has 0 N–H and O–H groups in total. The molecule has 4 heteroatoms. The average Bonchev–Trinajstić information content (AvgIpc) is 2.35. The number of rotatable bonds is 4.